The van der Waals surface area contributed by atoms with Crippen LogP contribution in [0.2, 0.25) is 0 Å². The summed E-state index contributed by atoms with van der Waals surface area (Å²) in [5.74, 6) is 1.76. The molecule has 0 spiro atoms. The molecule has 2 aromatic heterocycles. The first-order valence-electron chi connectivity index (χ1n) is 11.0. The van der Waals surface area contributed by atoms with Crippen molar-refractivity contribution in [3.8, 4) is 11.8 Å². The Morgan fingerprint density at radius 3 is 2.53 bits per heavy atom. The van der Waals surface area contributed by atoms with Crippen LogP contribution >= 0.6 is 0 Å². The summed E-state index contributed by atoms with van der Waals surface area (Å²) in [5, 5.41) is 13.2. The summed E-state index contributed by atoms with van der Waals surface area (Å²) < 4.78 is 10.9. The second kappa shape index (κ2) is 7.93. The summed E-state index contributed by atoms with van der Waals surface area (Å²) in [4.78, 5) is 13.0. The average Bonchev–Trinajstić information content (AvgIpc) is 3.18. The predicted molar refractivity (Wildman–Crippen MR) is 120 cm³/mol. The molecule has 166 valence electrons. The van der Waals surface area contributed by atoms with Gasteiger partial charge in [-0.3, -0.25) is 0 Å². The lowest BCUT2D eigenvalue weighted by Crippen LogP contribution is -2.41. The third-order valence-corrected chi connectivity index (χ3v) is 6.51. The Kier molecular flexibility index (Phi) is 5.07. The molecular weight excluding hydrogens is 406 g/mol. The van der Waals surface area contributed by atoms with E-state index in [0.29, 0.717) is 29.2 Å². The zero-order valence-electron chi connectivity index (χ0n) is 18.3. The van der Waals surface area contributed by atoms with E-state index in [9.17, 15) is 5.11 Å². The average molecular weight is 434 g/mol. The first-order chi connectivity index (χ1) is 15.4. The minimum absolute atomic E-state index is 0.108. The van der Waals surface area contributed by atoms with Gasteiger partial charge in [0.25, 0.3) is 0 Å². The molecule has 32 heavy (non-hydrogen) atoms. The fourth-order valence-corrected chi connectivity index (χ4v) is 4.81. The molecule has 3 aromatic rings. The van der Waals surface area contributed by atoms with E-state index in [1.807, 2.05) is 13.8 Å². The van der Waals surface area contributed by atoms with Crippen molar-refractivity contribution < 1.29 is 14.4 Å². The van der Waals surface area contributed by atoms with Gasteiger partial charge in [-0.1, -0.05) is 29.4 Å². The molecule has 1 aromatic carbocycles. The highest BCUT2D eigenvalue weighted by molar-refractivity contribution is 6.09. The standard InChI is InChI=1S/C24H27N5O3/c1-24(2)21(28-20-22(25)26-13-27-23(20)31-24)17-9-7-16(8-10-17)15-5-3-14(4-6-15)11-18-12-19(30)32-29-18/h7-10,12-15,30H,3-6,11H2,1-2H3,(H2,25,26,27)/t14-,15-. The zero-order chi connectivity index (χ0) is 22.3. The molecule has 0 saturated heterocycles. The highest BCUT2D eigenvalue weighted by Gasteiger charge is 2.35. The highest BCUT2D eigenvalue weighted by atomic mass is 16.5. The fraction of sp³-hybridized carbons (Fsp3) is 0.417. The van der Waals surface area contributed by atoms with Gasteiger partial charge in [0, 0.05) is 11.6 Å². The van der Waals surface area contributed by atoms with E-state index >= 15 is 0 Å². The Balaban J connectivity index is 1.29. The maximum Gasteiger partial charge on any atom is 0.308 e. The van der Waals surface area contributed by atoms with E-state index < -0.39 is 5.60 Å². The summed E-state index contributed by atoms with van der Waals surface area (Å²) in [6.45, 7) is 3.97. The molecule has 8 heteroatoms. The van der Waals surface area contributed by atoms with Crippen molar-refractivity contribution in [1.29, 1.82) is 0 Å². The van der Waals surface area contributed by atoms with Crippen LogP contribution in [0.5, 0.6) is 11.8 Å². The number of aromatic hydroxyl groups is 1. The molecule has 1 saturated carbocycles. The van der Waals surface area contributed by atoms with Crippen molar-refractivity contribution in [1.82, 2.24) is 15.1 Å². The number of aliphatic imine (C=N–C) groups is 1. The molecule has 1 aliphatic heterocycles. The van der Waals surface area contributed by atoms with Gasteiger partial charge in [-0.25, -0.2) is 9.98 Å². The third kappa shape index (κ3) is 3.92. The first-order valence-corrected chi connectivity index (χ1v) is 11.0. The number of nitrogens with zero attached hydrogens (tertiary/aromatic N) is 4. The van der Waals surface area contributed by atoms with E-state index in [2.05, 4.69) is 39.4 Å². The summed E-state index contributed by atoms with van der Waals surface area (Å²) in [6, 6.07) is 10.3. The summed E-state index contributed by atoms with van der Waals surface area (Å²) in [7, 11) is 0. The van der Waals surface area contributed by atoms with Crippen molar-refractivity contribution in [2.45, 2.75) is 57.5 Å². The molecule has 1 fully saturated rings. The number of benzene rings is 1. The molecule has 2 aliphatic rings. The molecule has 0 atom stereocenters. The van der Waals surface area contributed by atoms with E-state index in [4.69, 9.17) is 20.0 Å². The normalized spacial score (nSPS) is 22.0. The second-order valence-corrected chi connectivity index (χ2v) is 9.19. The van der Waals surface area contributed by atoms with Gasteiger partial charge in [0.05, 0.1) is 11.4 Å². The Hall–Kier alpha value is -3.42. The lowest BCUT2D eigenvalue weighted by molar-refractivity contribution is 0.171. The maximum atomic E-state index is 9.33. The number of anilines is 1. The van der Waals surface area contributed by atoms with Crippen LogP contribution in [0.25, 0.3) is 0 Å². The Morgan fingerprint density at radius 2 is 1.84 bits per heavy atom. The number of nitrogen functional groups attached to an aromatic ring is 1. The van der Waals surface area contributed by atoms with Crippen molar-refractivity contribution in [2.75, 3.05) is 5.73 Å². The minimum atomic E-state index is -0.622. The molecule has 3 N–H and O–H groups in total. The second-order valence-electron chi connectivity index (χ2n) is 9.19. The molecular formula is C24H27N5O3. The largest absolute Gasteiger partial charge is 0.479 e. The van der Waals surface area contributed by atoms with Gasteiger partial charge in [-0.2, -0.15) is 4.98 Å². The molecule has 8 nitrogen and oxygen atoms in total. The van der Waals surface area contributed by atoms with E-state index in [1.54, 1.807) is 6.07 Å². The number of hydrogen-bond acceptors (Lipinski definition) is 8. The van der Waals surface area contributed by atoms with Crippen molar-refractivity contribution in [2.24, 2.45) is 10.9 Å². The van der Waals surface area contributed by atoms with Crippen LogP contribution in [0, 0.1) is 5.92 Å². The summed E-state index contributed by atoms with van der Waals surface area (Å²) in [6.07, 6.45) is 6.82. The first kappa shape index (κ1) is 20.5. The van der Waals surface area contributed by atoms with Crippen LogP contribution in [-0.4, -0.2) is 31.5 Å². The smallest absolute Gasteiger partial charge is 0.308 e. The quantitative estimate of drug-likeness (QED) is 0.619. The molecule has 0 unspecified atom stereocenters. The molecule has 3 heterocycles. The SMILES string of the molecule is CC1(C)Oc2ncnc(N)c2N=C1c1ccc([C@H]2CC[C@H](Cc3cc(O)on3)CC2)cc1. The lowest BCUT2D eigenvalue weighted by atomic mass is 9.77. The van der Waals surface area contributed by atoms with Gasteiger partial charge in [0.1, 0.15) is 11.9 Å². The van der Waals surface area contributed by atoms with Gasteiger partial charge in [0.2, 0.25) is 5.88 Å². The number of hydrogen-bond donors (Lipinski definition) is 2. The van der Waals surface area contributed by atoms with Crippen LogP contribution in [0.3, 0.4) is 0 Å². The molecule has 1 aliphatic carbocycles. The predicted octanol–water partition coefficient (Wildman–Crippen LogP) is 4.56. The molecule has 0 amide bonds. The van der Waals surface area contributed by atoms with Crippen LogP contribution in [-0.2, 0) is 6.42 Å². The van der Waals surface area contributed by atoms with Crippen molar-refractivity contribution in [3.63, 3.8) is 0 Å². The Bertz CT molecular complexity index is 1140. The van der Waals surface area contributed by atoms with Gasteiger partial charge >= 0.3 is 5.95 Å². The summed E-state index contributed by atoms with van der Waals surface area (Å²) in [5.41, 5.74) is 9.87. The number of nitrogens with two attached hydrogens (primary N) is 1. The summed E-state index contributed by atoms with van der Waals surface area (Å²) >= 11 is 0. The van der Waals surface area contributed by atoms with Crippen LogP contribution in [0.15, 0.2) is 46.2 Å². The highest BCUT2D eigenvalue weighted by Crippen LogP contribution is 2.40. The van der Waals surface area contributed by atoms with Crippen molar-refractivity contribution in [3.05, 3.63) is 53.5 Å². The van der Waals surface area contributed by atoms with Gasteiger partial charge < -0.3 is 20.1 Å². The van der Waals surface area contributed by atoms with Crippen LogP contribution in [0.1, 0.15) is 62.3 Å². The van der Waals surface area contributed by atoms with Crippen LogP contribution < -0.4 is 10.5 Å². The van der Waals surface area contributed by atoms with E-state index in [-0.39, 0.29) is 5.95 Å². The third-order valence-electron chi connectivity index (χ3n) is 6.51. The van der Waals surface area contributed by atoms with Crippen molar-refractivity contribution >= 4 is 17.2 Å². The fourth-order valence-electron chi connectivity index (χ4n) is 4.81. The number of aromatic nitrogens is 3. The van der Waals surface area contributed by atoms with Gasteiger partial charge in [-0.05, 0) is 63.4 Å². The minimum Gasteiger partial charge on any atom is -0.479 e. The number of rotatable bonds is 4. The molecule has 5 rings (SSSR count). The maximum absolute atomic E-state index is 9.33. The van der Waals surface area contributed by atoms with Crippen LogP contribution in [0.4, 0.5) is 11.5 Å². The number of fused-ring (bicyclic) bond motifs is 1. The monoisotopic (exact) mass is 433 g/mol. The van der Waals surface area contributed by atoms with E-state index in [1.165, 1.54) is 11.9 Å². The van der Waals surface area contributed by atoms with Gasteiger partial charge in [-0.15, -0.1) is 0 Å². The Morgan fingerprint density at radius 1 is 1.09 bits per heavy atom. The van der Waals surface area contributed by atoms with Gasteiger partial charge in [0.15, 0.2) is 11.5 Å². The topological polar surface area (TPSA) is 120 Å². The molecule has 0 bridgehead atoms. The Labute approximate surface area is 186 Å². The lowest BCUT2D eigenvalue weighted by Gasteiger charge is -2.32. The van der Waals surface area contributed by atoms with E-state index in [0.717, 1.165) is 49.1 Å². The zero-order valence-corrected chi connectivity index (χ0v) is 18.3. The molecule has 0 radical (unpaired) electrons. The number of ether oxygens (including phenoxy) is 1.